The van der Waals surface area contributed by atoms with Crippen molar-refractivity contribution in [2.24, 2.45) is 4.99 Å². The van der Waals surface area contributed by atoms with Gasteiger partial charge in [-0.1, -0.05) is 12.2 Å². The third-order valence-electron chi connectivity index (χ3n) is 3.11. The van der Waals surface area contributed by atoms with E-state index in [-0.39, 0.29) is 29.0 Å². The van der Waals surface area contributed by atoms with Crippen molar-refractivity contribution < 1.29 is 33.9 Å². The minimum absolute atomic E-state index is 0.00182. The second kappa shape index (κ2) is 9.48. The van der Waals surface area contributed by atoms with Crippen LogP contribution in [0, 0.1) is 6.92 Å². The van der Waals surface area contributed by atoms with Gasteiger partial charge in [0.1, 0.15) is 0 Å². The maximum Gasteiger partial charge on any atom is 0.469 e. The number of phosphoric ester groups is 1. The summed E-state index contributed by atoms with van der Waals surface area (Å²) >= 11 is 0. The van der Waals surface area contributed by atoms with Crippen molar-refractivity contribution in [3.63, 3.8) is 0 Å². The molecule has 24 heavy (non-hydrogen) atoms. The van der Waals surface area contributed by atoms with Crippen LogP contribution in [0.15, 0.2) is 11.2 Å². The standard InChI is InChI=1S/C14H21N2O7P/c1-10-14(19)12(8-15-6-4-2-3-5-13(17)18)11(7-16-10)9-23-24(20,21)22/h7-8,19H,2-6,9H2,1H3,(H,17,18)(H2,20,21,22)/p-2. The monoisotopic (exact) mass is 358 g/mol. The Morgan fingerprint density at radius 2 is 2.12 bits per heavy atom. The highest BCUT2D eigenvalue weighted by molar-refractivity contribution is 7.46. The summed E-state index contributed by atoms with van der Waals surface area (Å²) in [7, 11) is -4.66. The van der Waals surface area contributed by atoms with Crippen LogP contribution in [0.2, 0.25) is 0 Å². The van der Waals surface area contributed by atoms with Crippen LogP contribution in [-0.2, 0) is 20.5 Å². The Bertz CT molecular complexity index is 642. The Balaban J connectivity index is 2.67. The number of carbonyl (C=O) groups excluding carboxylic acids is 1. The zero-order chi connectivity index (χ0) is 18.2. The first-order valence-corrected chi connectivity index (χ1v) is 8.79. The Morgan fingerprint density at radius 1 is 1.42 bits per heavy atom. The van der Waals surface area contributed by atoms with E-state index in [2.05, 4.69) is 14.5 Å². The molecule has 0 saturated carbocycles. The summed E-state index contributed by atoms with van der Waals surface area (Å²) in [4.78, 5) is 35.7. The molecule has 9 nitrogen and oxygen atoms in total. The zero-order valence-corrected chi connectivity index (χ0v) is 14.1. The van der Waals surface area contributed by atoms with E-state index in [0.29, 0.717) is 25.8 Å². The first kappa shape index (κ1) is 20.2. The number of aromatic nitrogens is 1. The van der Waals surface area contributed by atoms with Crippen molar-refractivity contribution in [3.8, 4) is 5.75 Å². The molecule has 0 saturated heterocycles. The molecule has 0 amide bonds. The van der Waals surface area contributed by atoms with E-state index in [1.165, 1.54) is 19.3 Å². The summed E-state index contributed by atoms with van der Waals surface area (Å²) in [6.45, 7) is 1.46. The topological polar surface area (TPSA) is 155 Å². The number of phosphoric acid groups is 1. The highest BCUT2D eigenvalue weighted by atomic mass is 31.2. The number of aliphatic carboxylic acids is 1. The number of unbranched alkanes of at least 4 members (excludes halogenated alkanes) is 2. The van der Waals surface area contributed by atoms with E-state index in [1.54, 1.807) is 0 Å². The van der Waals surface area contributed by atoms with Crippen LogP contribution in [0.4, 0.5) is 0 Å². The first-order chi connectivity index (χ1) is 11.2. The van der Waals surface area contributed by atoms with Crippen molar-refractivity contribution in [1.82, 2.24) is 4.98 Å². The molecule has 0 aromatic carbocycles. The molecule has 1 aromatic heterocycles. The Hall–Kier alpha value is -1.80. The summed E-state index contributed by atoms with van der Waals surface area (Å²) < 4.78 is 15.2. The van der Waals surface area contributed by atoms with Crippen molar-refractivity contribution in [2.75, 3.05) is 6.54 Å². The van der Waals surface area contributed by atoms with Gasteiger partial charge in [0, 0.05) is 36.2 Å². The fourth-order valence-corrected chi connectivity index (χ4v) is 2.17. The fourth-order valence-electron chi connectivity index (χ4n) is 1.86. The van der Waals surface area contributed by atoms with Crippen LogP contribution in [0.5, 0.6) is 5.75 Å². The minimum atomic E-state index is -4.66. The lowest BCUT2D eigenvalue weighted by molar-refractivity contribution is -0.305. The molecule has 0 aliphatic heterocycles. The number of carboxylic acids is 1. The molecule has 10 heteroatoms. The van der Waals surface area contributed by atoms with Crippen LogP contribution in [-0.4, -0.2) is 33.5 Å². The molecule has 0 atom stereocenters. The number of aliphatic imine (C=N–C) groups is 1. The van der Waals surface area contributed by atoms with Crippen molar-refractivity contribution in [2.45, 2.75) is 39.2 Å². The number of hydrogen-bond acceptors (Lipinski definition) is 7. The summed E-state index contributed by atoms with van der Waals surface area (Å²) in [5.41, 5.74) is 0.644. The summed E-state index contributed by atoms with van der Waals surface area (Å²) in [6, 6.07) is 0. The average molecular weight is 358 g/mol. The molecule has 1 heterocycles. The van der Waals surface area contributed by atoms with Gasteiger partial charge in [0.05, 0.1) is 6.61 Å². The van der Waals surface area contributed by atoms with Crippen LogP contribution >= 0.6 is 7.82 Å². The van der Waals surface area contributed by atoms with Gasteiger partial charge in [-0.15, -0.1) is 0 Å². The van der Waals surface area contributed by atoms with Gasteiger partial charge in [0.15, 0.2) is 0 Å². The molecule has 0 fully saturated rings. The predicted octanol–water partition coefficient (Wildman–Crippen LogP) is -0.198. The molecule has 1 aromatic rings. The lowest BCUT2D eigenvalue weighted by Gasteiger charge is -2.17. The third kappa shape index (κ3) is 7.65. The molecule has 0 aliphatic carbocycles. The van der Waals surface area contributed by atoms with Gasteiger partial charge in [-0.25, -0.2) is 4.57 Å². The van der Waals surface area contributed by atoms with Crippen molar-refractivity contribution in [3.05, 3.63) is 23.0 Å². The van der Waals surface area contributed by atoms with Crippen molar-refractivity contribution in [1.29, 1.82) is 0 Å². The van der Waals surface area contributed by atoms with Crippen molar-refractivity contribution >= 4 is 20.0 Å². The Morgan fingerprint density at radius 3 is 2.75 bits per heavy atom. The number of nitrogens with zero attached hydrogens (tertiary/aromatic N) is 2. The van der Waals surface area contributed by atoms with Crippen LogP contribution in [0.3, 0.4) is 0 Å². The maximum absolute atomic E-state index is 12.1. The van der Waals surface area contributed by atoms with Gasteiger partial charge < -0.3 is 24.8 Å². The molecule has 2 N–H and O–H groups in total. The van der Waals surface area contributed by atoms with E-state index in [0.717, 1.165) is 0 Å². The van der Waals surface area contributed by atoms with Gasteiger partial charge in [-0.2, -0.15) is 0 Å². The van der Waals surface area contributed by atoms with E-state index >= 15 is 0 Å². The molecule has 0 spiro atoms. The summed E-state index contributed by atoms with van der Waals surface area (Å²) in [6.07, 6.45) is 4.46. The summed E-state index contributed by atoms with van der Waals surface area (Å²) in [5, 5.41) is 22.3. The number of carbonyl (C=O) groups is 1. The molecule has 0 bridgehead atoms. The van der Waals surface area contributed by atoms with E-state index in [9.17, 15) is 19.6 Å². The van der Waals surface area contributed by atoms with E-state index in [1.807, 2.05) is 0 Å². The van der Waals surface area contributed by atoms with Gasteiger partial charge >= 0.3 is 7.82 Å². The van der Waals surface area contributed by atoms with E-state index < -0.39 is 20.4 Å². The van der Waals surface area contributed by atoms with Gasteiger partial charge in [-0.05, 0) is 31.7 Å². The molecule has 134 valence electrons. The number of pyridine rings is 1. The van der Waals surface area contributed by atoms with Gasteiger partial charge in [-0.3, -0.25) is 14.5 Å². The Kier molecular flexibility index (Phi) is 8.00. The second-order valence-electron chi connectivity index (χ2n) is 5.09. The molecule has 0 aliphatic rings. The maximum atomic E-state index is 12.1. The number of hydrogen-bond donors (Lipinski definition) is 2. The smallest absolute Gasteiger partial charge is 0.469 e. The Labute approximate surface area is 139 Å². The first-order valence-electron chi connectivity index (χ1n) is 7.26. The molecular formula is C14H19N2O7P-2. The predicted molar refractivity (Wildman–Crippen MR) is 81.2 cm³/mol. The summed E-state index contributed by atoms with van der Waals surface area (Å²) in [5.74, 6) is -1.47. The minimum Gasteiger partial charge on any atom is -0.871 e. The van der Waals surface area contributed by atoms with Crippen LogP contribution in [0.1, 0.15) is 42.5 Å². The van der Waals surface area contributed by atoms with E-state index in [4.69, 9.17) is 9.79 Å². The zero-order valence-electron chi connectivity index (χ0n) is 13.2. The van der Waals surface area contributed by atoms with Gasteiger partial charge in [0.25, 0.3) is 0 Å². The van der Waals surface area contributed by atoms with Crippen LogP contribution in [0.25, 0.3) is 0 Å². The molecule has 1 rings (SSSR count). The highest BCUT2D eigenvalue weighted by Crippen LogP contribution is 2.37. The quantitative estimate of drug-likeness (QED) is 0.331. The molecule has 0 unspecified atom stereocenters. The SMILES string of the molecule is Cc1ncc(COP(=O)(O)O)c(C=NCCCCCC(=O)[O-])c1[O-]. The largest absolute Gasteiger partial charge is 0.871 e. The molecule has 0 radical (unpaired) electrons. The third-order valence-corrected chi connectivity index (χ3v) is 3.58. The fraction of sp³-hybridized carbons (Fsp3) is 0.500. The average Bonchev–Trinajstić information content (AvgIpc) is 2.48. The lowest BCUT2D eigenvalue weighted by Crippen LogP contribution is -2.21. The highest BCUT2D eigenvalue weighted by Gasteiger charge is 2.15. The second-order valence-corrected chi connectivity index (χ2v) is 6.33. The molecular weight excluding hydrogens is 339 g/mol. The normalized spacial score (nSPS) is 12.0. The van der Waals surface area contributed by atoms with Crippen LogP contribution < -0.4 is 10.2 Å². The lowest BCUT2D eigenvalue weighted by atomic mass is 10.1. The number of aryl methyl sites for hydroxylation is 1. The van der Waals surface area contributed by atoms with Gasteiger partial charge in [0.2, 0.25) is 0 Å². The number of rotatable bonds is 10. The number of carboxylic acid groups (broad SMARTS) is 1.